The summed E-state index contributed by atoms with van der Waals surface area (Å²) in [5, 5.41) is 0.0594. The predicted molar refractivity (Wildman–Crippen MR) is 99.0 cm³/mol. The molecule has 0 saturated heterocycles. The van der Waals surface area contributed by atoms with E-state index in [4.69, 9.17) is 16.3 Å². The minimum absolute atomic E-state index is 0.0594. The molecule has 0 unspecified atom stereocenters. The maximum absolute atomic E-state index is 12.9. The Morgan fingerprint density at radius 1 is 1.46 bits per heavy atom. The summed E-state index contributed by atoms with van der Waals surface area (Å²) < 4.78 is 32.5. The number of carbonyl (C=O) groups excluding carboxylic acids is 1. The topological polar surface area (TPSA) is 89.5 Å². The van der Waals surface area contributed by atoms with Gasteiger partial charge in [0.2, 0.25) is 15.3 Å². The summed E-state index contributed by atoms with van der Waals surface area (Å²) in [7, 11) is -3.82. The van der Waals surface area contributed by atoms with Gasteiger partial charge in [-0.05, 0) is 53.0 Å². The molecule has 1 atom stereocenters. The number of halogens is 2. The van der Waals surface area contributed by atoms with Gasteiger partial charge in [-0.2, -0.15) is 4.31 Å². The predicted octanol–water partition coefficient (Wildman–Crippen LogP) is 3.02. The first kappa shape index (κ1) is 19.2. The number of hydrogen-bond donors (Lipinski definition) is 0. The van der Waals surface area contributed by atoms with Crippen molar-refractivity contribution in [2.75, 3.05) is 6.61 Å². The smallest absolute Gasteiger partial charge is 0.324 e. The molecule has 7 nitrogen and oxygen atoms in total. The van der Waals surface area contributed by atoms with Crippen LogP contribution in [0.15, 0.2) is 33.8 Å². The van der Waals surface area contributed by atoms with Gasteiger partial charge in [0, 0.05) is 18.3 Å². The van der Waals surface area contributed by atoms with E-state index >= 15 is 0 Å². The monoisotopic (exact) mass is 459 g/mol. The first-order valence-electron chi connectivity index (χ1n) is 7.75. The number of ether oxygens (including phenoxy) is 1. The largest absolute Gasteiger partial charge is 0.465 e. The van der Waals surface area contributed by atoms with E-state index in [9.17, 15) is 13.2 Å². The van der Waals surface area contributed by atoms with E-state index in [1.165, 1.54) is 19.2 Å². The van der Waals surface area contributed by atoms with Crippen LogP contribution in [0.3, 0.4) is 0 Å². The minimum atomic E-state index is -3.82. The highest BCUT2D eigenvalue weighted by molar-refractivity contribution is 9.10. The number of rotatable bonds is 4. The van der Waals surface area contributed by atoms with Gasteiger partial charge < -0.3 is 4.74 Å². The zero-order valence-electron chi connectivity index (χ0n) is 13.9. The highest BCUT2D eigenvalue weighted by Crippen LogP contribution is 2.36. The number of benzene rings is 1. The molecule has 138 valence electrons. The normalized spacial score (nSPS) is 16.9. The molecule has 0 radical (unpaired) electrons. The molecule has 0 N–H and O–H groups in total. The van der Waals surface area contributed by atoms with E-state index in [0.717, 1.165) is 4.31 Å². The molecule has 2 heterocycles. The molecular formula is C16H15BrClN3O4S. The summed E-state index contributed by atoms with van der Waals surface area (Å²) in [5.41, 5.74) is 1.68. The standard InChI is InChI=1S/C16H15BrClN3O4S/c1-3-25-15(22)9(2)21-8-11-5-4-10(6-13(11)26(21,23)24)14-12(17)7-19-16(18)20-14/h4-7,9H,3,8H2,1-2H3/t9-/m1/s1. The first-order valence-corrected chi connectivity index (χ1v) is 10.4. The van der Waals surface area contributed by atoms with Gasteiger partial charge in [0.1, 0.15) is 6.04 Å². The molecule has 26 heavy (non-hydrogen) atoms. The van der Waals surface area contributed by atoms with Crippen molar-refractivity contribution in [3.8, 4) is 11.3 Å². The average Bonchev–Trinajstić information content (AvgIpc) is 2.87. The Hall–Kier alpha value is -1.55. The van der Waals surface area contributed by atoms with E-state index in [2.05, 4.69) is 25.9 Å². The Labute approximate surface area is 164 Å². The third-order valence-electron chi connectivity index (χ3n) is 4.03. The summed E-state index contributed by atoms with van der Waals surface area (Å²) in [6, 6.07) is 4.10. The van der Waals surface area contributed by atoms with Crippen LogP contribution in [-0.4, -0.2) is 41.3 Å². The van der Waals surface area contributed by atoms with Crippen LogP contribution in [0.1, 0.15) is 19.4 Å². The molecular weight excluding hydrogens is 446 g/mol. The number of sulfonamides is 1. The number of fused-ring (bicyclic) bond motifs is 1. The van der Waals surface area contributed by atoms with Gasteiger partial charge in [-0.1, -0.05) is 12.1 Å². The summed E-state index contributed by atoms with van der Waals surface area (Å²) in [5.74, 6) is -0.575. The van der Waals surface area contributed by atoms with E-state index in [0.29, 0.717) is 21.3 Å². The molecule has 0 aliphatic carbocycles. The van der Waals surface area contributed by atoms with Gasteiger partial charge in [0.25, 0.3) is 0 Å². The fourth-order valence-electron chi connectivity index (χ4n) is 2.73. The summed E-state index contributed by atoms with van der Waals surface area (Å²) in [6.07, 6.45) is 1.50. The summed E-state index contributed by atoms with van der Waals surface area (Å²) >= 11 is 9.19. The van der Waals surface area contributed by atoms with Crippen molar-refractivity contribution in [2.45, 2.75) is 31.3 Å². The highest BCUT2D eigenvalue weighted by atomic mass is 79.9. The second-order valence-corrected chi connectivity index (χ2v) is 8.69. The van der Waals surface area contributed by atoms with Crippen LogP contribution in [0.4, 0.5) is 0 Å². The molecule has 0 fully saturated rings. The Balaban J connectivity index is 2.02. The fraction of sp³-hybridized carbons (Fsp3) is 0.312. The molecule has 10 heteroatoms. The van der Waals surface area contributed by atoms with Crippen LogP contribution in [-0.2, 0) is 26.1 Å². The van der Waals surface area contributed by atoms with E-state index < -0.39 is 22.0 Å². The SMILES string of the molecule is CCOC(=O)[C@@H](C)N1Cc2ccc(-c3nc(Cl)ncc3Br)cc2S1(=O)=O. The number of esters is 1. The second-order valence-electron chi connectivity index (χ2n) is 5.64. The van der Waals surface area contributed by atoms with Crippen molar-refractivity contribution in [1.82, 2.24) is 14.3 Å². The van der Waals surface area contributed by atoms with Crippen LogP contribution in [0, 0.1) is 0 Å². The molecule has 0 amide bonds. The lowest BCUT2D eigenvalue weighted by atomic mass is 10.1. The van der Waals surface area contributed by atoms with Crippen LogP contribution in [0.25, 0.3) is 11.3 Å². The van der Waals surface area contributed by atoms with Crippen LogP contribution in [0.5, 0.6) is 0 Å². The number of carbonyl (C=O) groups is 1. The van der Waals surface area contributed by atoms with Crippen LogP contribution in [0.2, 0.25) is 5.28 Å². The molecule has 0 bridgehead atoms. The Bertz CT molecular complexity index is 983. The highest BCUT2D eigenvalue weighted by Gasteiger charge is 2.41. The molecule has 1 aliphatic heterocycles. The molecule has 0 spiro atoms. The number of hydrogen-bond acceptors (Lipinski definition) is 6. The third kappa shape index (κ3) is 3.36. The molecule has 1 aliphatic rings. The van der Waals surface area contributed by atoms with Crippen molar-refractivity contribution < 1.29 is 17.9 Å². The lowest BCUT2D eigenvalue weighted by Crippen LogP contribution is -2.40. The zero-order valence-corrected chi connectivity index (χ0v) is 17.1. The molecule has 1 aromatic carbocycles. The maximum Gasteiger partial charge on any atom is 0.324 e. The number of nitrogens with zero attached hydrogens (tertiary/aromatic N) is 3. The van der Waals surface area contributed by atoms with Gasteiger partial charge in [-0.15, -0.1) is 0 Å². The zero-order chi connectivity index (χ0) is 19.1. The van der Waals surface area contributed by atoms with Crippen molar-refractivity contribution in [3.05, 3.63) is 39.7 Å². The fourth-order valence-corrected chi connectivity index (χ4v) is 5.08. The molecule has 2 aromatic rings. The lowest BCUT2D eigenvalue weighted by Gasteiger charge is -2.20. The second kappa shape index (κ2) is 7.22. The Morgan fingerprint density at radius 3 is 2.88 bits per heavy atom. The third-order valence-corrected chi connectivity index (χ3v) is 6.79. The van der Waals surface area contributed by atoms with Gasteiger partial charge in [-0.25, -0.2) is 18.4 Å². The van der Waals surface area contributed by atoms with E-state index in [1.807, 2.05) is 0 Å². The maximum atomic E-state index is 12.9. The van der Waals surface area contributed by atoms with Gasteiger partial charge in [0.15, 0.2) is 0 Å². The van der Waals surface area contributed by atoms with Crippen molar-refractivity contribution >= 4 is 43.5 Å². The summed E-state index contributed by atoms with van der Waals surface area (Å²) in [4.78, 5) is 20.1. The van der Waals surface area contributed by atoms with Gasteiger partial charge in [-0.3, -0.25) is 4.79 Å². The van der Waals surface area contributed by atoms with Crippen molar-refractivity contribution in [1.29, 1.82) is 0 Å². The Kier molecular flexibility index (Phi) is 5.34. The van der Waals surface area contributed by atoms with Gasteiger partial charge in [0.05, 0.1) is 21.7 Å². The van der Waals surface area contributed by atoms with Crippen molar-refractivity contribution in [2.24, 2.45) is 0 Å². The van der Waals surface area contributed by atoms with E-state index in [1.54, 1.807) is 19.1 Å². The Morgan fingerprint density at radius 2 is 2.19 bits per heavy atom. The molecule has 1 aromatic heterocycles. The molecule has 3 rings (SSSR count). The van der Waals surface area contributed by atoms with Gasteiger partial charge >= 0.3 is 5.97 Å². The quantitative estimate of drug-likeness (QED) is 0.515. The van der Waals surface area contributed by atoms with Crippen LogP contribution >= 0.6 is 27.5 Å². The lowest BCUT2D eigenvalue weighted by molar-refractivity contribution is -0.147. The minimum Gasteiger partial charge on any atom is -0.465 e. The van der Waals surface area contributed by atoms with Crippen LogP contribution < -0.4 is 0 Å². The first-order chi connectivity index (χ1) is 12.3. The summed E-state index contributed by atoms with van der Waals surface area (Å²) in [6.45, 7) is 3.50. The number of aromatic nitrogens is 2. The van der Waals surface area contributed by atoms with Crippen molar-refractivity contribution in [3.63, 3.8) is 0 Å². The average molecular weight is 461 g/mol. The van der Waals surface area contributed by atoms with E-state index in [-0.39, 0.29) is 23.3 Å². The molecule has 0 saturated carbocycles.